The molecule has 1 unspecified atom stereocenters. The molecule has 0 saturated carbocycles. The van der Waals surface area contributed by atoms with E-state index in [1.54, 1.807) is 4.90 Å². The Labute approximate surface area is 84.2 Å². The van der Waals surface area contributed by atoms with E-state index < -0.39 is 0 Å². The van der Waals surface area contributed by atoms with Crippen molar-refractivity contribution in [2.24, 2.45) is 0 Å². The molecule has 0 radical (unpaired) electrons. The molecule has 1 amide bonds. The Kier molecular flexibility index (Phi) is 4.07. The molecule has 4 heteroatoms. The number of carbonyl (C=O) groups is 2. The molecule has 1 aliphatic rings. The highest BCUT2D eigenvalue weighted by atomic mass is 16.5. The van der Waals surface area contributed by atoms with E-state index in [2.05, 4.69) is 0 Å². The van der Waals surface area contributed by atoms with Crippen LogP contribution in [0.15, 0.2) is 0 Å². The van der Waals surface area contributed by atoms with E-state index in [-0.39, 0.29) is 24.2 Å². The molecule has 1 rings (SSSR count). The highest BCUT2D eigenvalue weighted by molar-refractivity contribution is 6.00. The van der Waals surface area contributed by atoms with Gasteiger partial charge in [-0.3, -0.25) is 9.59 Å². The van der Waals surface area contributed by atoms with E-state index in [0.29, 0.717) is 26.2 Å². The number of hydrogen-bond donors (Lipinski definition) is 0. The maximum atomic E-state index is 11.5. The van der Waals surface area contributed by atoms with Gasteiger partial charge in [0.15, 0.2) is 0 Å². The van der Waals surface area contributed by atoms with Crippen LogP contribution in [0, 0.1) is 0 Å². The summed E-state index contributed by atoms with van der Waals surface area (Å²) in [5, 5.41) is 0. The van der Waals surface area contributed by atoms with Crippen molar-refractivity contribution in [2.45, 2.75) is 32.7 Å². The summed E-state index contributed by atoms with van der Waals surface area (Å²) in [5.41, 5.74) is 0. The Hall–Kier alpha value is -0.900. The highest BCUT2D eigenvalue weighted by Crippen LogP contribution is 2.11. The average molecular weight is 199 g/mol. The Morgan fingerprint density at radius 2 is 2.21 bits per heavy atom. The van der Waals surface area contributed by atoms with Gasteiger partial charge in [-0.1, -0.05) is 0 Å². The molecule has 0 aromatic carbocycles. The van der Waals surface area contributed by atoms with Crippen molar-refractivity contribution in [1.82, 2.24) is 4.90 Å². The molecule has 4 nitrogen and oxygen atoms in total. The maximum Gasteiger partial charge on any atom is 0.230 e. The molecule has 0 spiro atoms. The van der Waals surface area contributed by atoms with Crippen LogP contribution in [0.25, 0.3) is 0 Å². The lowest BCUT2D eigenvalue weighted by Gasteiger charge is -2.31. The van der Waals surface area contributed by atoms with Gasteiger partial charge < -0.3 is 9.64 Å². The Morgan fingerprint density at radius 1 is 1.50 bits per heavy atom. The third-order valence-corrected chi connectivity index (χ3v) is 2.40. The van der Waals surface area contributed by atoms with Crippen molar-refractivity contribution in [3.8, 4) is 0 Å². The van der Waals surface area contributed by atoms with Gasteiger partial charge >= 0.3 is 0 Å². The SMILES string of the molecule is CCOCC(C)N1CCC(=O)CC1=O. The van der Waals surface area contributed by atoms with Crippen LogP contribution >= 0.6 is 0 Å². The number of nitrogens with zero attached hydrogens (tertiary/aromatic N) is 1. The minimum Gasteiger partial charge on any atom is -0.380 e. The van der Waals surface area contributed by atoms with Crippen LogP contribution in [-0.2, 0) is 14.3 Å². The molecule has 1 saturated heterocycles. The van der Waals surface area contributed by atoms with Gasteiger partial charge in [0.1, 0.15) is 5.78 Å². The second-order valence-electron chi connectivity index (χ2n) is 3.56. The van der Waals surface area contributed by atoms with Gasteiger partial charge in [0.2, 0.25) is 5.91 Å². The fourth-order valence-corrected chi connectivity index (χ4v) is 1.57. The minimum atomic E-state index is -0.0616. The van der Waals surface area contributed by atoms with E-state index in [4.69, 9.17) is 4.74 Å². The number of ether oxygens (including phenoxy) is 1. The van der Waals surface area contributed by atoms with E-state index in [9.17, 15) is 9.59 Å². The number of ketones is 1. The zero-order valence-electron chi connectivity index (χ0n) is 8.78. The molecular formula is C10H17NO3. The summed E-state index contributed by atoms with van der Waals surface area (Å²) in [5.74, 6) is -0.0108. The summed E-state index contributed by atoms with van der Waals surface area (Å²) in [6, 6.07) is 0.0792. The predicted molar refractivity (Wildman–Crippen MR) is 51.9 cm³/mol. The molecule has 1 aliphatic heterocycles. The first-order valence-electron chi connectivity index (χ1n) is 5.04. The molecule has 14 heavy (non-hydrogen) atoms. The zero-order valence-corrected chi connectivity index (χ0v) is 8.78. The van der Waals surface area contributed by atoms with Crippen LogP contribution in [0.2, 0.25) is 0 Å². The number of hydrogen-bond acceptors (Lipinski definition) is 3. The number of rotatable bonds is 4. The van der Waals surface area contributed by atoms with Gasteiger partial charge in [0, 0.05) is 19.6 Å². The molecule has 1 atom stereocenters. The fourth-order valence-electron chi connectivity index (χ4n) is 1.57. The van der Waals surface area contributed by atoms with Crippen molar-refractivity contribution in [3.05, 3.63) is 0 Å². The summed E-state index contributed by atoms with van der Waals surface area (Å²) < 4.78 is 5.24. The lowest BCUT2D eigenvalue weighted by atomic mass is 10.1. The van der Waals surface area contributed by atoms with Gasteiger partial charge in [-0.2, -0.15) is 0 Å². The minimum absolute atomic E-state index is 0.0508. The highest BCUT2D eigenvalue weighted by Gasteiger charge is 2.27. The molecule has 0 aromatic heterocycles. The van der Waals surface area contributed by atoms with E-state index in [1.807, 2.05) is 13.8 Å². The maximum absolute atomic E-state index is 11.5. The third kappa shape index (κ3) is 2.80. The van der Waals surface area contributed by atoms with Crippen LogP contribution in [0.5, 0.6) is 0 Å². The van der Waals surface area contributed by atoms with Crippen LogP contribution in [-0.4, -0.2) is 42.4 Å². The second kappa shape index (κ2) is 5.10. The molecule has 1 fully saturated rings. The summed E-state index contributed by atoms with van der Waals surface area (Å²) in [4.78, 5) is 24.2. The topological polar surface area (TPSA) is 46.6 Å². The molecular weight excluding hydrogens is 182 g/mol. The first-order valence-corrected chi connectivity index (χ1v) is 5.04. The zero-order chi connectivity index (χ0) is 10.6. The van der Waals surface area contributed by atoms with E-state index >= 15 is 0 Å². The standard InChI is InChI=1S/C10H17NO3/c1-3-14-7-8(2)11-5-4-9(12)6-10(11)13/h8H,3-7H2,1-2H3. The first-order chi connectivity index (χ1) is 6.65. The number of Topliss-reactive ketones (excluding diaryl/α,β-unsaturated/α-hetero) is 1. The Morgan fingerprint density at radius 3 is 2.79 bits per heavy atom. The Balaban J connectivity index is 2.43. The number of likely N-dealkylation sites (tertiary alicyclic amines) is 1. The molecule has 0 N–H and O–H groups in total. The number of amides is 1. The van der Waals surface area contributed by atoms with Crippen molar-refractivity contribution in [1.29, 1.82) is 0 Å². The number of piperidine rings is 1. The van der Waals surface area contributed by atoms with Crippen molar-refractivity contribution >= 4 is 11.7 Å². The van der Waals surface area contributed by atoms with Gasteiger partial charge in [-0.25, -0.2) is 0 Å². The fraction of sp³-hybridized carbons (Fsp3) is 0.800. The van der Waals surface area contributed by atoms with Crippen LogP contribution in [0.1, 0.15) is 26.7 Å². The third-order valence-electron chi connectivity index (χ3n) is 2.40. The van der Waals surface area contributed by atoms with Crippen molar-refractivity contribution < 1.29 is 14.3 Å². The summed E-state index contributed by atoms with van der Waals surface area (Å²) in [6.07, 6.45) is 0.554. The molecule has 80 valence electrons. The van der Waals surface area contributed by atoms with Crippen LogP contribution in [0.4, 0.5) is 0 Å². The monoisotopic (exact) mass is 199 g/mol. The summed E-state index contributed by atoms with van der Waals surface area (Å²) >= 11 is 0. The predicted octanol–water partition coefficient (Wildman–Crippen LogP) is 0.603. The molecule has 0 aromatic rings. The largest absolute Gasteiger partial charge is 0.380 e. The lowest BCUT2D eigenvalue weighted by molar-refractivity contribution is -0.142. The average Bonchev–Trinajstić information content (AvgIpc) is 2.14. The quantitative estimate of drug-likeness (QED) is 0.623. The first kappa shape index (κ1) is 11.2. The van der Waals surface area contributed by atoms with E-state index in [1.165, 1.54) is 0 Å². The lowest BCUT2D eigenvalue weighted by Crippen LogP contribution is -2.46. The molecule has 1 heterocycles. The number of carbonyl (C=O) groups excluding carboxylic acids is 2. The van der Waals surface area contributed by atoms with Gasteiger partial charge in [0.25, 0.3) is 0 Å². The van der Waals surface area contributed by atoms with Crippen LogP contribution in [0.3, 0.4) is 0 Å². The van der Waals surface area contributed by atoms with Gasteiger partial charge in [0.05, 0.1) is 19.1 Å². The van der Waals surface area contributed by atoms with Gasteiger partial charge in [-0.15, -0.1) is 0 Å². The van der Waals surface area contributed by atoms with Gasteiger partial charge in [-0.05, 0) is 13.8 Å². The normalized spacial score (nSPS) is 20.0. The smallest absolute Gasteiger partial charge is 0.230 e. The molecule has 0 aliphatic carbocycles. The second-order valence-corrected chi connectivity index (χ2v) is 3.56. The molecule has 0 bridgehead atoms. The summed E-state index contributed by atoms with van der Waals surface area (Å²) in [6.45, 7) is 5.63. The van der Waals surface area contributed by atoms with Crippen LogP contribution < -0.4 is 0 Å². The summed E-state index contributed by atoms with van der Waals surface area (Å²) in [7, 11) is 0. The van der Waals surface area contributed by atoms with E-state index in [0.717, 1.165) is 0 Å². The van der Waals surface area contributed by atoms with Crippen molar-refractivity contribution in [3.63, 3.8) is 0 Å². The Bertz CT molecular complexity index is 227. The van der Waals surface area contributed by atoms with Crippen molar-refractivity contribution in [2.75, 3.05) is 19.8 Å².